The lowest BCUT2D eigenvalue weighted by atomic mass is 10.0. The smallest absolute Gasteiger partial charge is 0.340 e. The zero-order valence-electron chi connectivity index (χ0n) is 14.4. The molecule has 2 aromatic heterocycles. The summed E-state index contributed by atoms with van der Waals surface area (Å²) in [7, 11) is 3.40. The van der Waals surface area contributed by atoms with E-state index in [2.05, 4.69) is 4.90 Å². The summed E-state index contributed by atoms with van der Waals surface area (Å²) in [5.41, 5.74) is 3.07. The summed E-state index contributed by atoms with van der Waals surface area (Å²) in [6, 6.07) is 11.8. The van der Waals surface area contributed by atoms with Crippen molar-refractivity contribution in [2.45, 2.75) is 20.0 Å². The predicted molar refractivity (Wildman–Crippen MR) is 102 cm³/mol. The minimum Gasteiger partial charge on any atom is -0.465 e. The summed E-state index contributed by atoms with van der Waals surface area (Å²) in [5.74, 6) is -0.349. The number of ether oxygens (including phenoxy) is 1. The highest BCUT2D eigenvalue weighted by molar-refractivity contribution is 7.16. The van der Waals surface area contributed by atoms with Crippen LogP contribution in [0.1, 0.15) is 26.5 Å². The molecule has 0 fully saturated rings. The molecule has 3 rings (SSSR count). The molecule has 0 aliphatic heterocycles. The Balaban J connectivity index is 1.97. The van der Waals surface area contributed by atoms with Crippen molar-refractivity contribution in [3.8, 4) is 0 Å². The zero-order chi connectivity index (χ0) is 18.0. The van der Waals surface area contributed by atoms with Crippen molar-refractivity contribution in [1.82, 2.24) is 9.88 Å². The number of esters is 1. The average Bonchev–Trinajstić information content (AvgIpc) is 2.99. The fourth-order valence-electron chi connectivity index (χ4n) is 2.94. The molecule has 25 heavy (non-hydrogen) atoms. The first-order valence-electron chi connectivity index (χ1n) is 7.89. The third-order valence-electron chi connectivity index (χ3n) is 4.09. The van der Waals surface area contributed by atoms with Crippen molar-refractivity contribution in [3.05, 3.63) is 62.4 Å². The number of aryl methyl sites for hydroxylation is 1. The van der Waals surface area contributed by atoms with E-state index < -0.39 is 0 Å². The molecular weight excluding hydrogens is 356 g/mol. The maximum absolute atomic E-state index is 12.3. The lowest BCUT2D eigenvalue weighted by Crippen LogP contribution is -2.21. The maximum atomic E-state index is 12.3. The molecule has 130 valence electrons. The standard InChI is InChI=1S/C19H19ClN2O2S/c1-12-14-6-4-5-7-15(14)21-16(18(12)19(23)24-3)11-22(2)10-13-8-9-17(20)25-13/h4-9H,10-11H2,1-3H3. The van der Waals surface area contributed by atoms with Gasteiger partial charge in [0.2, 0.25) is 0 Å². The van der Waals surface area contributed by atoms with Crippen LogP contribution >= 0.6 is 22.9 Å². The number of fused-ring (bicyclic) bond motifs is 1. The molecule has 0 amide bonds. The van der Waals surface area contributed by atoms with Crippen LogP contribution in [0, 0.1) is 6.92 Å². The third-order valence-corrected chi connectivity index (χ3v) is 5.31. The lowest BCUT2D eigenvalue weighted by molar-refractivity contribution is 0.0597. The second-order valence-corrected chi connectivity index (χ2v) is 7.74. The molecule has 0 aliphatic rings. The van der Waals surface area contributed by atoms with Gasteiger partial charge in [0.05, 0.1) is 28.2 Å². The van der Waals surface area contributed by atoms with Crippen molar-refractivity contribution < 1.29 is 9.53 Å². The number of hydrogen-bond acceptors (Lipinski definition) is 5. The van der Waals surface area contributed by atoms with E-state index in [9.17, 15) is 4.79 Å². The topological polar surface area (TPSA) is 42.4 Å². The van der Waals surface area contributed by atoms with Gasteiger partial charge < -0.3 is 4.74 Å². The number of benzene rings is 1. The van der Waals surface area contributed by atoms with E-state index in [-0.39, 0.29) is 5.97 Å². The van der Waals surface area contributed by atoms with Gasteiger partial charge in [-0.1, -0.05) is 29.8 Å². The van der Waals surface area contributed by atoms with Gasteiger partial charge in [0, 0.05) is 23.4 Å². The summed E-state index contributed by atoms with van der Waals surface area (Å²) in [6.07, 6.45) is 0. The van der Waals surface area contributed by atoms with Gasteiger partial charge in [-0.15, -0.1) is 11.3 Å². The summed E-state index contributed by atoms with van der Waals surface area (Å²) in [4.78, 5) is 20.4. The number of rotatable bonds is 5. The van der Waals surface area contributed by atoms with E-state index in [1.54, 1.807) is 11.3 Å². The molecule has 0 radical (unpaired) electrons. The first kappa shape index (κ1) is 17.9. The molecule has 0 saturated heterocycles. The molecule has 0 atom stereocenters. The first-order chi connectivity index (χ1) is 12.0. The summed E-state index contributed by atoms with van der Waals surface area (Å²) < 4.78 is 5.77. The van der Waals surface area contributed by atoms with Crippen LogP contribution in [0.2, 0.25) is 4.34 Å². The van der Waals surface area contributed by atoms with Gasteiger partial charge in [0.25, 0.3) is 0 Å². The van der Waals surface area contributed by atoms with Gasteiger partial charge in [0.1, 0.15) is 0 Å². The Labute approximate surface area is 156 Å². The Morgan fingerprint density at radius 3 is 2.68 bits per heavy atom. The zero-order valence-corrected chi connectivity index (χ0v) is 15.9. The Morgan fingerprint density at radius 2 is 2.00 bits per heavy atom. The van der Waals surface area contributed by atoms with Crippen LogP contribution in [0.4, 0.5) is 0 Å². The second kappa shape index (κ2) is 7.52. The second-order valence-electron chi connectivity index (χ2n) is 5.95. The molecule has 1 aromatic carbocycles. The van der Waals surface area contributed by atoms with Crippen molar-refractivity contribution in [2.24, 2.45) is 0 Å². The van der Waals surface area contributed by atoms with E-state index >= 15 is 0 Å². The molecule has 0 saturated carbocycles. The Morgan fingerprint density at radius 1 is 1.24 bits per heavy atom. The predicted octanol–water partition coefficient (Wildman–Crippen LogP) is 4.68. The Kier molecular flexibility index (Phi) is 5.37. The van der Waals surface area contributed by atoms with Gasteiger partial charge in [-0.25, -0.2) is 4.79 Å². The number of methoxy groups -OCH3 is 1. The molecule has 0 bridgehead atoms. The fraction of sp³-hybridized carbons (Fsp3) is 0.263. The van der Waals surface area contributed by atoms with E-state index in [1.165, 1.54) is 12.0 Å². The number of nitrogens with zero attached hydrogens (tertiary/aromatic N) is 2. The molecule has 0 N–H and O–H groups in total. The number of carbonyl (C=O) groups is 1. The molecule has 0 unspecified atom stereocenters. The molecule has 4 nitrogen and oxygen atoms in total. The number of carbonyl (C=O) groups excluding carboxylic acids is 1. The van der Waals surface area contributed by atoms with E-state index in [0.29, 0.717) is 12.1 Å². The normalized spacial score (nSPS) is 11.2. The molecule has 6 heteroatoms. The average molecular weight is 375 g/mol. The van der Waals surface area contributed by atoms with Crippen LogP contribution in [-0.4, -0.2) is 30.0 Å². The van der Waals surface area contributed by atoms with Gasteiger partial charge >= 0.3 is 5.97 Å². The van der Waals surface area contributed by atoms with E-state index in [1.807, 2.05) is 50.4 Å². The lowest BCUT2D eigenvalue weighted by Gasteiger charge is -2.19. The Hall–Kier alpha value is -1.95. The quantitative estimate of drug-likeness (QED) is 0.608. The van der Waals surface area contributed by atoms with E-state index in [0.717, 1.165) is 33.0 Å². The largest absolute Gasteiger partial charge is 0.465 e. The third kappa shape index (κ3) is 3.84. The number of aromatic nitrogens is 1. The van der Waals surface area contributed by atoms with Crippen LogP contribution in [-0.2, 0) is 17.8 Å². The maximum Gasteiger partial charge on any atom is 0.340 e. The molecule has 0 spiro atoms. The first-order valence-corrected chi connectivity index (χ1v) is 9.08. The van der Waals surface area contributed by atoms with Crippen molar-refractivity contribution >= 4 is 39.8 Å². The number of thiophene rings is 1. The van der Waals surface area contributed by atoms with E-state index in [4.69, 9.17) is 21.3 Å². The van der Waals surface area contributed by atoms with Gasteiger partial charge in [-0.3, -0.25) is 9.88 Å². The fourth-order valence-corrected chi connectivity index (χ4v) is 4.11. The summed E-state index contributed by atoms with van der Waals surface area (Å²) in [6.45, 7) is 3.23. The number of para-hydroxylation sites is 1. The highest BCUT2D eigenvalue weighted by Gasteiger charge is 2.20. The van der Waals surface area contributed by atoms with Crippen LogP contribution < -0.4 is 0 Å². The summed E-state index contributed by atoms with van der Waals surface area (Å²) in [5, 5.41) is 0.972. The van der Waals surface area contributed by atoms with Crippen molar-refractivity contribution in [2.75, 3.05) is 14.2 Å². The van der Waals surface area contributed by atoms with Gasteiger partial charge in [-0.2, -0.15) is 0 Å². The molecule has 3 aromatic rings. The molecule has 0 aliphatic carbocycles. The number of halogens is 1. The van der Waals surface area contributed by atoms with Gasteiger partial charge in [-0.05, 0) is 37.7 Å². The van der Waals surface area contributed by atoms with Crippen LogP contribution in [0.15, 0.2) is 36.4 Å². The van der Waals surface area contributed by atoms with Crippen LogP contribution in [0.5, 0.6) is 0 Å². The summed E-state index contributed by atoms with van der Waals surface area (Å²) >= 11 is 7.56. The number of pyridine rings is 1. The van der Waals surface area contributed by atoms with Crippen molar-refractivity contribution in [3.63, 3.8) is 0 Å². The minimum absolute atomic E-state index is 0.349. The highest BCUT2D eigenvalue weighted by atomic mass is 35.5. The molecular formula is C19H19ClN2O2S. The minimum atomic E-state index is -0.349. The monoisotopic (exact) mass is 374 g/mol. The van der Waals surface area contributed by atoms with Crippen molar-refractivity contribution in [1.29, 1.82) is 0 Å². The highest BCUT2D eigenvalue weighted by Crippen LogP contribution is 2.26. The number of hydrogen-bond donors (Lipinski definition) is 0. The SMILES string of the molecule is COC(=O)c1c(CN(C)Cc2ccc(Cl)s2)nc2ccccc2c1C. The van der Waals surface area contributed by atoms with Gasteiger partial charge in [0.15, 0.2) is 0 Å². The van der Waals surface area contributed by atoms with Crippen LogP contribution in [0.25, 0.3) is 10.9 Å². The molecule has 2 heterocycles. The van der Waals surface area contributed by atoms with Crippen LogP contribution in [0.3, 0.4) is 0 Å². The Bertz CT molecular complexity index is 923.